The second kappa shape index (κ2) is 3.63. The monoisotopic (exact) mass is 215 g/mol. The molecule has 0 saturated heterocycles. The molecule has 1 aliphatic heterocycles. The normalized spacial score (nSPS) is 18.9. The van der Waals surface area contributed by atoms with Crippen LogP contribution < -0.4 is 4.74 Å². The van der Waals surface area contributed by atoms with Crippen LogP contribution in [0.25, 0.3) is 0 Å². The number of aromatic nitrogens is 3. The number of aryl methyl sites for hydroxylation is 1. The smallest absolute Gasteiger partial charge is 0.157 e. The quantitative estimate of drug-likeness (QED) is 0.789. The van der Waals surface area contributed by atoms with Gasteiger partial charge in [-0.15, -0.1) is 0 Å². The van der Waals surface area contributed by atoms with E-state index in [4.69, 9.17) is 4.74 Å². The highest BCUT2D eigenvalue weighted by molar-refractivity contribution is 5.36. The summed E-state index contributed by atoms with van der Waals surface area (Å²) in [6.45, 7) is 2.57. The van der Waals surface area contributed by atoms with E-state index in [0.29, 0.717) is 6.61 Å². The predicted octanol–water partition coefficient (Wildman–Crippen LogP) is 1.83. The van der Waals surface area contributed by atoms with E-state index in [-0.39, 0.29) is 5.92 Å². The fraction of sp³-hybridized carbons (Fsp3) is 0.333. The van der Waals surface area contributed by atoms with E-state index in [2.05, 4.69) is 21.2 Å². The van der Waals surface area contributed by atoms with Gasteiger partial charge in [0.05, 0.1) is 12.5 Å². The molecule has 0 bridgehead atoms. The van der Waals surface area contributed by atoms with Gasteiger partial charge in [0.15, 0.2) is 5.82 Å². The topological polar surface area (TPSA) is 50.8 Å². The van der Waals surface area contributed by atoms with E-state index < -0.39 is 0 Å². The number of hydrogen-bond donors (Lipinski definition) is 1. The number of H-pyrrole nitrogens is 1. The number of rotatable bonds is 1. The molecule has 0 amide bonds. The maximum absolute atomic E-state index is 5.71. The molecule has 1 atom stereocenters. The molecular weight excluding hydrogens is 202 g/mol. The molecule has 2 heterocycles. The summed E-state index contributed by atoms with van der Waals surface area (Å²) in [4.78, 5) is 4.36. The van der Waals surface area contributed by atoms with Crippen LogP contribution in [0.5, 0.6) is 5.75 Å². The molecule has 0 radical (unpaired) electrons. The van der Waals surface area contributed by atoms with Gasteiger partial charge in [0.2, 0.25) is 0 Å². The highest BCUT2D eigenvalue weighted by Gasteiger charge is 2.23. The van der Waals surface area contributed by atoms with Crippen molar-refractivity contribution >= 4 is 0 Å². The van der Waals surface area contributed by atoms with E-state index in [1.54, 1.807) is 0 Å². The third-order valence-electron chi connectivity index (χ3n) is 2.86. The third kappa shape index (κ3) is 1.56. The number of hydrogen-bond acceptors (Lipinski definition) is 3. The van der Waals surface area contributed by atoms with E-state index in [0.717, 1.165) is 23.8 Å². The van der Waals surface area contributed by atoms with Crippen LogP contribution in [0.1, 0.15) is 23.1 Å². The summed E-state index contributed by atoms with van der Waals surface area (Å²) >= 11 is 0. The van der Waals surface area contributed by atoms with Gasteiger partial charge in [-0.2, -0.15) is 5.10 Å². The Kier molecular flexibility index (Phi) is 2.13. The minimum absolute atomic E-state index is 0.264. The molecule has 1 N–H and O–H groups in total. The lowest BCUT2D eigenvalue weighted by Gasteiger charge is -2.23. The average molecular weight is 215 g/mol. The maximum Gasteiger partial charge on any atom is 0.157 e. The van der Waals surface area contributed by atoms with Gasteiger partial charge < -0.3 is 4.74 Å². The molecule has 4 nitrogen and oxygen atoms in total. The molecule has 16 heavy (non-hydrogen) atoms. The van der Waals surface area contributed by atoms with Gasteiger partial charge in [-0.3, -0.25) is 5.10 Å². The summed E-state index contributed by atoms with van der Waals surface area (Å²) in [6.07, 6.45) is 0.952. The predicted molar refractivity (Wildman–Crippen MR) is 59.5 cm³/mol. The Morgan fingerprint density at radius 3 is 3.06 bits per heavy atom. The number of benzene rings is 1. The van der Waals surface area contributed by atoms with E-state index >= 15 is 0 Å². The minimum Gasteiger partial charge on any atom is -0.493 e. The highest BCUT2D eigenvalue weighted by Crippen LogP contribution is 2.30. The van der Waals surface area contributed by atoms with Gasteiger partial charge in [-0.1, -0.05) is 18.2 Å². The molecule has 4 heteroatoms. The second-order valence-corrected chi connectivity index (χ2v) is 4.10. The molecule has 1 aliphatic rings. The van der Waals surface area contributed by atoms with Crippen LogP contribution >= 0.6 is 0 Å². The van der Waals surface area contributed by atoms with Gasteiger partial charge in [0.1, 0.15) is 11.6 Å². The summed E-state index contributed by atoms with van der Waals surface area (Å²) in [5.41, 5.74) is 1.24. The number of fused-ring (bicyclic) bond motifs is 1. The van der Waals surface area contributed by atoms with Crippen molar-refractivity contribution in [3.8, 4) is 5.75 Å². The summed E-state index contributed by atoms with van der Waals surface area (Å²) < 4.78 is 5.71. The molecule has 0 fully saturated rings. The van der Waals surface area contributed by atoms with Crippen molar-refractivity contribution in [1.82, 2.24) is 15.2 Å². The van der Waals surface area contributed by atoms with Gasteiger partial charge >= 0.3 is 0 Å². The van der Waals surface area contributed by atoms with Crippen LogP contribution in [-0.2, 0) is 6.42 Å². The van der Waals surface area contributed by atoms with Crippen LogP contribution in [0.4, 0.5) is 0 Å². The zero-order valence-electron chi connectivity index (χ0n) is 9.10. The number of nitrogens with one attached hydrogen (secondary N) is 1. The summed E-state index contributed by atoms with van der Waals surface area (Å²) in [5.74, 6) is 2.96. The lowest BCUT2D eigenvalue weighted by molar-refractivity contribution is 0.258. The molecule has 2 aromatic rings. The van der Waals surface area contributed by atoms with Crippen molar-refractivity contribution in [2.75, 3.05) is 6.61 Å². The largest absolute Gasteiger partial charge is 0.493 e. The van der Waals surface area contributed by atoms with E-state index in [1.807, 2.05) is 25.1 Å². The standard InChI is InChI=1S/C12H13N3O/c1-8-13-12(15-14-8)10-6-9-4-2-3-5-11(9)16-7-10/h2-5,10H,6-7H2,1H3,(H,13,14,15). The lowest BCUT2D eigenvalue weighted by Crippen LogP contribution is -2.20. The van der Waals surface area contributed by atoms with Crippen molar-refractivity contribution in [1.29, 1.82) is 0 Å². The van der Waals surface area contributed by atoms with Crippen molar-refractivity contribution in [3.63, 3.8) is 0 Å². The lowest BCUT2D eigenvalue weighted by atomic mass is 9.96. The fourth-order valence-corrected chi connectivity index (χ4v) is 2.04. The molecule has 1 aromatic heterocycles. The first-order valence-electron chi connectivity index (χ1n) is 5.42. The van der Waals surface area contributed by atoms with Gasteiger partial charge in [-0.05, 0) is 25.0 Å². The third-order valence-corrected chi connectivity index (χ3v) is 2.86. The first-order valence-corrected chi connectivity index (χ1v) is 5.42. The zero-order chi connectivity index (χ0) is 11.0. The first-order chi connectivity index (χ1) is 7.83. The second-order valence-electron chi connectivity index (χ2n) is 4.10. The van der Waals surface area contributed by atoms with Crippen molar-refractivity contribution in [2.45, 2.75) is 19.3 Å². The van der Waals surface area contributed by atoms with Gasteiger partial charge in [0, 0.05) is 0 Å². The highest BCUT2D eigenvalue weighted by atomic mass is 16.5. The summed E-state index contributed by atoms with van der Waals surface area (Å²) in [6, 6.07) is 8.14. The Bertz CT molecular complexity index is 506. The summed E-state index contributed by atoms with van der Waals surface area (Å²) in [5, 5.41) is 7.07. The Balaban J connectivity index is 1.88. The molecule has 1 unspecified atom stereocenters. The number of ether oxygens (including phenoxy) is 1. The zero-order valence-corrected chi connectivity index (χ0v) is 9.10. The number of para-hydroxylation sites is 1. The molecule has 3 rings (SSSR count). The Morgan fingerprint density at radius 2 is 2.25 bits per heavy atom. The first kappa shape index (κ1) is 9.39. The Morgan fingerprint density at radius 1 is 1.38 bits per heavy atom. The van der Waals surface area contributed by atoms with E-state index in [9.17, 15) is 0 Å². The van der Waals surface area contributed by atoms with Gasteiger partial charge in [0.25, 0.3) is 0 Å². The van der Waals surface area contributed by atoms with Crippen LogP contribution in [0.3, 0.4) is 0 Å². The molecule has 1 aromatic carbocycles. The van der Waals surface area contributed by atoms with Crippen LogP contribution in [0, 0.1) is 6.92 Å². The minimum atomic E-state index is 0.264. The molecule has 0 saturated carbocycles. The van der Waals surface area contributed by atoms with Crippen LogP contribution in [0.15, 0.2) is 24.3 Å². The molecular formula is C12H13N3O. The Labute approximate surface area is 93.7 Å². The fourth-order valence-electron chi connectivity index (χ4n) is 2.04. The maximum atomic E-state index is 5.71. The summed E-state index contributed by atoms with van der Waals surface area (Å²) in [7, 11) is 0. The van der Waals surface area contributed by atoms with E-state index in [1.165, 1.54) is 5.56 Å². The van der Waals surface area contributed by atoms with Crippen molar-refractivity contribution in [3.05, 3.63) is 41.5 Å². The van der Waals surface area contributed by atoms with Crippen LogP contribution in [0.2, 0.25) is 0 Å². The van der Waals surface area contributed by atoms with Gasteiger partial charge in [-0.25, -0.2) is 4.98 Å². The number of aromatic amines is 1. The van der Waals surface area contributed by atoms with Crippen molar-refractivity contribution < 1.29 is 4.74 Å². The SMILES string of the molecule is Cc1nc(C2COc3ccccc3C2)n[nH]1. The Hall–Kier alpha value is -1.84. The molecule has 82 valence electrons. The molecule has 0 spiro atoms. The van der Waals surface area contributed by atoms with Crippen molar-refractivity contribution in [2.24, 2.45) is 0 Å². The number of nitrogens with zero attached hydrogens (tertiary/aromatic N) is 2. The average Bonchev–Trinajstić information content (AvgIpc) is 2.75. The van der Waals surface area contributed by atoms with Crippen LogP contribution in [-0.4, -0.2) is 21.8 Å². The molecule has 0 aliphatic carbocycles.